The van der Waals surface area contributed by atoms with Crippen molar-refractivity contribution in [3.63, 3.8) is 0 Å². The number of methoxy groups -OCH3 is 1. The van der Waals surface area contributed by atoms with E-state index in [1.54, 1.807) is 20.2 Å². The molecule has 1 aliphatic heterocycles. The Morgan fingerprint density at radius 2 is 2.27 bits per heavy atom. The predicted octanol–water partition coefficient (Wildman–Crippen LogP) is 1.67. The van der Waals surface area contributed by atoms with Gasteiger partial charge in [0.2, 0.25) is 5.91 Å². The van der Waals surface area contributed by atoms with Crippen LogP contribution >= 0.6 is 11.8 Å². The fourth-order valence-electron chi connectivity index (χ4n) is 2.97. The third-order valence-corrected chi connectivity index (χ3v) is 7.09. The van der Waals surface area contributed by atoms with E-state index in [1.807, 2.05) is 35.0 Å². The summed E-state index contributed by atoms with van der Waals surface area (Å²) in [6.45, 7) is 1.78. The van der Waals surface area contributed by atoms with E-state index >= 15 is 0 Å². The Morgan fingerprint density at radius 1 is 1.46 bits per heavy atom. The zero-order valence-corrected chi connectivity index (χ0v) is 16.3. The van der Waals surface area contributed by atoms with E-state index in [-0.39, 0.29) is 23.2 Å². The number of aromatic nitrogens is 2. The maximum atomic E-state index is 12.3. The molecule has 0 spiro atoms. The molecule has 0 unspecified atom stereocenters. The van der Waals surface area contributed by atoms with Crippen molar-refractivity contribution < 1.29 is 17.9 Å². The van der Waals surface area contributed by atoms with Gasteiger partial charge in [-0.3, -0.25) is 9.36 Å². The second kappa shape index (κ2) is 7.32. The monoisotopic (exact) mass is 395 g/mol. The number of hydrogen-bond donors (Lipinski definition) is 1. The summed E-state index contributed by atoms with van der Waals surface area (Å²) in [6.07, 6.45) is 3.94. The van der Waals surface area contributed by atoms with Crippen LogP contribution in [0.25, 0.3) is 5.69 Å². The number of ether oxygens (including phenoxy) is 1. The minimum Gasteiger partial charge on any atom is -0.497 e. The summed E-state index contributed by atoms with van der Waals surface area (Å²) < 4.78 is 30.4. The number of imidazole rings is 1. The molecule has 0 aliphatic carbocycles. The van der Waals surface area contributed by atoms with Crippen LogP contribution in [0.4, 0.5) is 0 Å². The third-order valence-electron chi connectivity index (χ3n) is 4.22. The minimum atomic E-state index is -3.06. The van der Waals surface area contributed by atoms with Gasteiger partial charge in [0.1, 0.15) is 5.75 Å². The van der Waals surface area contributed by atoms with Gasteiger partial charge in [0, 0.05) is 18.5 Å². The highest BCUT2D eigenvalue weighted by atomic mass is 32.2. The van der Waals surface area contributed by atoms with Gasteiger partial charge in [0.05, 0.1) is 35.6 Å². The lowest BCUT2D eigenvalue weighted by molar-refractivity contribution is -0.120. The smallest absolute Gasteiger partial charge is 0.230 e. The van der Waals surface area contributed by atoms with Crippen LogP contribution in [-0.4, -0.2) is 53.8 Å². The van der Waals surface area contributed by atoms with Crippen molar-refractivity contribution in [2.75, 3.05) is 24.4 Å². The summed E-state index contributed by atoms with van der Waals surface area (Å²) in [5, 5.41) is 3.53. The Bertz CT molecular complexity index is 910. The van der Waals surface area contributed by atoms with Gasteiger partial charge < -0.3 is 10.1 Å². The van der Waals surface area contributed by atoms with Gasteiger partial charge >= 0.3 is 0 Å². The Morgan fingerprint density at radius 3 is 2.96 bits per heavy atom. The molecular formula is C17H21N3O4S2. The Hall–Kier alpha value is -2.00. The second-order valence-corrected chi connectivity index (χ2v) is 9.65. The quantitative estimate of drug-likeness (QED) is 0.748. The van der Waals surface area contributed by atoms with Crippen molar-refractivity contribution in [1.82, 2.24) is 14.9 Å². The lowest BCUT2D eigenvalue weighted by atomic mass is 10.0. The highest BCUT2D eigenvalue weighted by Gasteiger charge is 2.39. The molecule has 0 bridgehead atoms. The van der Waals surface area contributed by atoms with Gasteiger partial charge in [-0.1, -0.05) is 17.8 Å². The second-order valence-electron chi connectivity index (χ2n) is 6.52. The van der Waals surface area contributed by atoms with Crippen LogP contribution in [-0.2, 0) is 14.6 Å². The molecule has 9 heteroatoms. The summed E-state index contributed by atoms with van der Waals surface area (Å²) in [4.78, 5) is 16.6. The van der Waals surface area contributed by atoms with Crippen LogP contribution in [0.2, 0.25) is 0 Å². The normalized spacial score (nSPS) is 21.5. The van der Waals surface area contributed by atoms with Gasteiger partial charge in [-0.25, -0.2) is 13.4 Å². The number of carbonyl (C=O) groups is 1. The first-order chi connectivity index (χ1) is 12.3. The fourth-order valence-corrected chi connectivity index (χ4v) is 5.83. The number of nitrogens with one attached hydrogen (secondary N) is 1. The standard InChI is InChI=1S/C17H21N3O4S2/c1-17(6-9-26(22,23)12-17)19-15(21)11-25-16-18-7-8-20(16)13-4-3-5-14(10-13)24-2/h3-5,7-8,10H,6,9,11-12H2,1-2H3,(H,19,21)/t17-/m0/s1. The summed E-state index contributed by atoms with van der Waals surface area (Å²) >= 11 is 1.30. The third kappa shape index (κ3) is 4.39. The molecule has 7 nitrogen and oxygen atoms in total. The highest BCUT2D eigenvalue weighted by Crippen LogP contribution is 2.25. The summed E-state index contributed by atoms with van der Waals surface area (Å²) in [5.41, 5.74) is 0.206. The van der Waals surface area contributed by atoms with Crippen molar-refractivity contribution in [1.29, 1.82) is 0 Å². The molecule has 0 saturated carbocycles. The average molecular weight is 396 g/mol. The molecule has 2 aromatic rings. The molecule has 140 valence electrons. The number of hydrogen-bond acceptors (Lipinski definition) is 6. The predicted molar refractivity (Wildman–Crippen MR) is 101 cm³/mol. The zero-order valence-electron chi connectivity index (χ0n) is 14.6. The van der Waals surface area contributed by atoms with Gasteiger partial charge in [-0.15, -0.1) is 0 Å². The number of carbonyl (C=O) groups excluding carboxylic acids is 1. The number of nitrogens with zero attached hydrogens (tertiary/aromatic N) is 2. The number of benzene rings is 1. The largest absolute Gasteiger partial charge is 0.497 e. The molecule has 1 N–H and O–H groups in total. The molecule has 1 saturated heterocycles. The Balaban J connectivity index is 1.64. The SMILES string of the molecule is COc1cccc(-n2ccnc2SCC(=O)N[C@@]2(C)CCS(=O)(=O)C2)c1. The van der Waals surface area contributed by atoms with Crippen LogP contribution in [0.1, 0.15) is 13.3 Å². The summed E-state index contributed by atoms with van der Waals surface area (Å²) in [6, 6.07) is 7.56. The molecule has 2 heterocycles. The number of amides is 1. The van der Waals surface area contributed by atoms with E-state index in [9.17, 15) is 13.2 Å². The van der Waals surface area contributed by atoms with E-state index in [4.69, 9.17) is 4.74 Å². The van der Waals surface area contributed by atoms with Crippen molar-refractivity contribution in [3.05, 3.63) is 36.7 Å². The highest BCUT2D eigenvalue weighted by molar-refractivity contribution is 7.99. The fraction of sp³-hybridized carbons (Fsp3) is 0.412. The zero-order chi connectivity index (χ0) is 18.8. The summed E-state index contributed by atoms with van der Waals surface area (Å²) in [7, 11) is -1.45. The van der Waals surface area contributed by atoms with Gasteiger partial charge in [0.25, 0.3) is 0 Å². The van der Waals surface area contributed by atoms with Crippen LogP contribution in [0, 0.1) is 0 Å². The Kier molecular flexibility index (Phi) is 5.29. The molecule has 1 aromatic carbocycles. The van der Waals surface area contributed by atoms with Crippen molar-refractivity contribution in [2.24, 2.45) is 0 Å². The van der Waals surface area contributed by atoms with Crippen LogP contribution in [0.15, 0.2) is 41.8 Å². The first kappa shape index (κ1) is 18.8. The van der Waals surface area contributed by atoms with Crippen molar-refractivity contribution >= 4 is 27.5 Å². The molecular weight excluding hydrogens is 374 g/mol. The number of sulfone groups is 1. The summed E-state index contributed by atoms with van der Waals surface area (Å²) in [5.74, 6) is 0.817. The van der Waals surface area contributed by atoms with Crippen LogP contribution in [0.5, 0.6) is 5.75 Å². The van der Waals surface area contributed by atoms with E-state index in [0.717, 1.165) is 11.4 Å². The average Bonchev–Trinajstić information content (AvgIpc) is 3.16. The van der Waals surface area contributed by atoms with E-state index in [1.165, 1.54) is 11.8 Å². The Labute approximate surface area is 157 Å². The lowest BCUT2D eigenvalue weighted by Crippen LogP contribution is -2.47. The van der Waals surface area contributed by atoms with E-state index in [2.05, 4.69) is 10.3 Å². The minimum absolute atomic E-state index is 0.00512. The number of rotatable bonds is 6. The first-order valence-electron chi connectivity index (χ1n) is 8.12. The van der Waals surface area contributed by atoms with Gasteiger partial charge in [-0.2, -0.15) is 0 Å². The lowest BCUT2D eigenvalue weighted by Gasteiger charge is -2.23. The molecule has 1 amide bonds. The maximum absolute atomic E-state index is 12.3. The van der Waals surface area contributed by atoms with Gasteiger partial charge in [-0.05, 0) is 25.5 Å². The van der Waals surface area contributed by atoms with Crippen molar-refractivity contribution in [2.45, 2.75) is 24.0 Å². The van der Waals surface area contributed by atoms with Gasteiger partial charge in [0.15, 0.2) is 15.0 Å². The first-order valence-corrected chi connectivity index (χ1v) is 10.9. The molecule has 26 heavy (non-hydrogen) atoms. The van der Waals surface area contributed by atoms with E-state index in [0.29, 0.717) is 11.6 Å². The van der Waals surface area contributed by atoms with E-state index < -0.39 is 15.4 Å². The molecule has 1 aliphatic rings. The molecule has 0 radical (unpaired) electrons. The molecule has 1 aromatic heterocycles. The van der Waals surface area contributed by atoms with Crippen molar-refractivity contribution in [3.8, 4) is 11.4 Å². The maximum Gasteiger partial charge on any atom is 0.230 e. The van der Waals surface area contributed by atoms with Crippen LogP contribution in [0.3, 0.4) is 0 Å². The van der Waals surface area contributed by atoms with Crippen LogP contribution < -0.4 is 10.1 Å². The molecule has 1 atom stereocenters. The molecule has 1 fully saturated rings. The number of thioether (sulfide) groups is 1. The molecule has 3 rings (SSSR count). The topological polar surface area (TPSA) is 90.3 Å².